The summed E-state index contributed by atoms with van der Waals surface area (Å²) in [5, 5.41) is 41.3. The molecular formula is C20H24F2N10O13P2. The molecule has 2 fully saturated rings. The number of aliphatic hydroxyl groups is 4. The van der Waals surface area contributed by atoms with E-state index in [-0.39, 0.29) is 34.0 Å². The molecule has 4 unspecified atom stereocenters. The Labute approximate surface area is 258 Å². The summed E-state index contributed by atoms with van der Waals surface area (Å²) < 4.78 is 80.3. The number of anilines is 2. The zero-order chi connectivity index (χ0) is 34.0. The molecule has 10 N–H and O–H groups in total. The molecule has 0 aromatic carbocycles. The van der Waals surface area contributed by atoms with Crippen molar-refractivity contribution in [2.75, 3.05) is 11.5 Å². The molecule has 4 aromatic rings. The van der Waals surface area contributed by atoms with Crippen molar-refractivity contribution in [2.45, 2.75) is 61.8 Å². The van der Waals surface area contributed by atoms with Gasteiger partial charge in [0.1, 0.15) is 48.1 Å². The van der Waals surface area contributed by atoms with Crippen molar-refractivity contribution in [3.63, 3.8) is 0 Å². The van der Waals surface area contributed by atoms with Crippen molar-refractivity contribution in [3.05, 3.63) is 25.3 Å². The number of phosphoric ester groups is 2. The summed E-state index contributed by atoms with van der Waals surface area (Å²) in [7, 11) is -11.8. The SMILES string of the molecule is Nc1ncnc2c1ncn2[C@@H]1O[C@H](C(O)OP(=O)(O)OP(=O)(O)OC(O)[C@H]2O[C@@H](n3cnc4c(N)ncnc43)[C@@H](F)[C@@H]2O)[C@@H](O)[C@@H]1F. The van der Waals surface area contributed by atoms with Gasteiger partial charge in [0.05, 0.1) is 12.7 Å². The van der Waals surface area contributed by atoms with Crippen LogP contribution in [0.1, 0.15) is 12.5 Å². The summed E-state index contributed by atoms with van der Waals surface area (Å²) in [6.07, 6.45) is -17.9. The quantitative estimate of drug-likeness (QED) is 0.0645. The number of aliphatic hydroxyl groups excluding tert-OH is 4. The number of nitrogens with zero attached hydrogens (tertiary/aromatic N) is 8. The lowest BCUT2D eigenvalue weighted by Crippen LogP contribution is -2.39. The van der Waals surface area contributed by atoms with Crippen molar-refractivity contribution < 1.29 is 71.0 Å². The van der Waals surface area contributed by atoms with Gasteiger partial charge in [-0.05, 0) is 0 Å². The number of halogens is 2. The third-order valence-electron chi connectivity index (χ3n) is 7.04. The van der Waals surface area contributed by atoms with Gasteiger partial charge in [-0.1, -0.05) is 0 Å². The van der Waals surface area contributed by atoms with Gasteiger partial charge in [0.25, 0.3) is 0 Å². The molecule has 0 aliphatic carbocycles. The molecule has 256 valence electrons. The molecular weight excluding hydrogens is 688 g/mol. The first-order valence-electron chi connectivity index (χ1n) is 13.0. The Morgan fingerprint density at radius 3 is 1.51 bits per heavy atom. The smallest absolute Gasteiger partial charge is 0.387 e. The predicted molar refractivity (Wildman–Crippen MR) is 144 cm³/mol. The van der Waals surface area contributed by atoms with Crippen LogP contribution in [0.4, 0.5) is 20.4 Å². The lowest BCUT2D eigenvalue weighted by Gasteiger charge is -2.25. The van der Waals surface area contributed by atoms with Gasteiger partial charge in [-0.3, -0.25) is 18.2 Å². The topological polar surface area (TPSA) is 341 Å². The standard InChI is InChI=1S/C20H24F2N10O13P2/c21-5-9(33)11(41-17(5)31-3-29-7-13(23)25-1-27-15(7)31)19(35)43-46(37,38)45-47(39,40)44-20(36)12-10(34)6(22)18(42-12)32-4-30-8-14(24)26-2-28-16(8)32/h1-6,9-12,17-20,33-36H,(H,37,38)(H,39,40)(H2,23,25,27)(H2,24,26,28)/t5-,6-,9-,10-,11-,12-,17+,18+,19?,20?/m0/s1. The minimum atomic E-state index is -5.88. The van der Waals surface area contributed by atoms with Crippen LogP contribution in [0.2, 0.25) is 0 Å². The van der Waals surface area contributed by atoms with Gasteiger partial charge >= 0.3 is 15.6 Å². The van der Waals surface area contributed by atoms with Crippen LogP contribution in [0.5, 0.6) is 0 Å². The Kier molecular flexibility index (Phi) is 8.71. The average molecular weight is 712 g/mol. The van der Waals surface area contributed by atoms with E-state index in [1.54, 1.807) is 0 Å². The van der Waals surface area contributed by atoms with Crippen LogP contribution in [-0.4, -0.2) is 119 Å². The minimum absolute atomic E-state index is 0.0275. The maximum Gasteiger partial charge on any atom is 0.483 e. The highest BCUT2D eigenvalue weighted by Gasteiger charge is 2.53. The van der Waals surface area contributed by atoms with Crippen LogP contribution in [0.25, 0.3) is 22.3 Å². The van der Waals surface area contributed by atoms with E-state index < -0.39 is 77.4 Å². The largest absolute Gasteiger partial charge is 0.483 e. The number of hydrogen-bond donors (Lipinski definition) is 8. The molecule has 0 amide bonds. The van der Waals surface area contributed by atoms with E-state index in [9.17, 15) is 39.3 Å². The average Bonchev–Trinajstić information content (AvgIpc) is 3.74. The van der Waals surface area contributed by atoms with Crippen LogP contribution < -0.4 is 11.5 Å². The van der Waals surface area contributed by atoms with E-state index in [1.165, 1.54) is 0 Å². The van der Waals surface area contributed by atoms with Crippen LogP contribution in [-0.2, 0) is 32.0 Å². The fourth-order valence-electron chi connectivity index (χ4n) is 4.92. The molecule has 0 saturated carbocycles. The Balaban J connectivity index is 1.09. The molecule has 6 heterocycles. The normalized spacial score (nSPS) is 32.0. The Bertz CT molecular complexity index is 1760. The van der Waals surface area contributed by atoms with Gasteiger partial charge < -0.3 is 51.2 Å². The monoisotopic (exact) mass is 712 g/mol. The molecule has 23 nitrogen and oxygen atoms in total. The first kappa shape index (κ1) is 33.5. The molecule has 12 atom stereocenters. The second-order valence-corrected chi connectivity index (χ2v) is 13.0. The molecule has 6 rings (SSSR count). The zero-order valence-electron chi connectivity index (χ0n) is 23.0. The van der Waals surface area contributed by atoms with Gasteiger partial charge in [0.15, 0.2) is 60.3 Å². The van der Waals surface area contributed by atoms with Crippen molar-refractivity contribution in [1.29, 1.82) is 0 Å². The van der Waals surface area contributed by atoms with E-state index >= 15 is 8.78 Å². The van der Waals surface area contributed by atoms with Crippen LogP contribution in [0, 0.1) is 0 Å². The minimum Gasteiger partial charge on any atom is -0.387 e. The van der Waals surface area contributed by atoms with Crippen LogP contribution >= 0.6 is 15.6 Å². The van der Waals surface area contributed by atoms with Crippen LogP contribution in [0.3, 0.4) is 0 Å². The maximum absolute atomic E-state index is 15.0. The molecule has 0 bridgehead atoms. The van der Waals surface area contributed by atoms with E-state index in [0.29, 0.717) is 0 Å². The first-order chi connectivity index (χ1) is 22.1. The molecule has 47 heavy (non-hydrogen) atoms. The van der Waals surface area contributed by atoms with E-state index in [4.69, 9.17) is 20.9 Å². The van der Waals surface area contributed by atoms with Crippen molar-refractivity contribution in [1.82, 2.24) is 39.0 Å². The van der Waals surface area contributed by atoms with Gasteiger partial charge in [-0.15, -0.1) is 0 Å². The molecule has 2 aliphatic heterocycles. The van der Waals surface area contributed by atoms with Gasteiger partial charge in [-0.25, -0.2) is 47.8 Å². The zero-order valence-corrected chi connectivity index (χ0v) is 24.8. The first-order valence-corrected chi connectivity index (χ1v) is 16.0. The number of aromatic nitrogens is 8. The number of fused-ring (bicyclic) bond motifs is 2. The Morgan fingerprint density at radius 1 is 0.745 bits per heavy atom. The maximum atomic E-state index is 15.0. The summed E-state index contributed by atoms with van der Waals surface area (Å²) in [6, 6.07) is 0. The van der Waals surface area contributed by atoms with Crippen LogP contribution in [0.15, 0.2) is 25.3 Å². The summed E-state index contributed by atoms with van der Waals surface area (Å²) >= 11 is 0. The van der Waals surface area contributed by atoms with E-state index in [1.807, 2.05) is 0 Å². The molecule has 0 spiro atoms. The third kappa shape index (κ3) is 6.17. The Hall–Kier alpha value is -3.42. The van der Waals surface area contributed by atoms with Gasteiger partial charge in [0.2, 0.25) is 0 Å². The fourth-order valence-corrected chi connectivity index (χ4v) is 7.05. The summed E-state index contributed by atoms with van der Waals surface area (Å²) in [4.78, 5) is 43.1. The summed E-state index contributed by atoms with van der Waals surface area (Å²) in [5.41, 5.74) is 11.4. The third-order valence-corrected chi connectivity index (χ3v) is 9.65. The highest BCUT2D eigenvalue weighted by molar-refractivity contribution is 7.61. The highest BCUT2D eigenvalue weighted by Crippen LogP contribution is 2.62. The summed E-state index contributed by atoms with van der Waals surface area (Å²) in [5.74, 6) is -0.125. The number of nitrogens with two attached hydrogens (primary N) is 2. The van der Waals surface area contributed by atoms with Gasteiger partial charge in [-0.2, -0.15) is 4.31 Å². The second-order valence-electron chi connectivity index (χ2n) is 10.0. The summed E-state index contributed by atoms with van der Waals surface area (Å²) in [6.45, 7) is 0. The number of alkyl halides is 2. The van der Waals surface area contributed by atoms with Crippen molar-refractivity contribution in [3.8, 4) is 0 Å². The molecule has 2 aliphatic rings. The number of nitrogen functional groups attached to an aromatic ring is 2. The molecule has 0 radical (unpaired) electrons. The number of hydrogen-bond acceptors (Lipinski definition) is 19. The molecule has 4 aromatic heterocycles. The molecule has 2 saturated heterocycles. The lowest BCUT2D eigenvalue weighted by atomic mass is 10.1. The Morgan fingerprint density at radius 2 is 1.13 bits per heavy atom. The number of ether oxygens (including phenoxy) is 2. The van der Waals surface area contributed by atoms with E-state index in [2.05, 4.69) is 43.3 Å². The fraction of sp³-hybridized carbons (Fsp3) is 0.500. The van der Waals surface area contributed by atoms with Crippen molar-refractivity contribution in [2.24, 2.45) is 0 Å². The number of phosphoric acid groups is 2. The highest BCUT2D eigenvalue weighted by atomic mass is 31.3. The van der Waals surface area contributed by atoms with E-state index in [0.717, 1.165) is 34.4 Å². The van der Waals surface area contributed by atoms with Crippen molar-refractivity contribution >= 4 is 49.6 Å². The number of rotatable bonds is 10. The van der Waals surface area contributed by atoms with Gasteiger partial charge in [0, 0.05) is 0 Å². The number of imidazole rings is 2. The lowest BCUT2D eigenvalue weighted by molar-refractivity contribution is -0.166. The second kappa shape index (κ2) is 12.2. The molecule has 27 heteroatoms. The predicted octanol–water partition coefficient (Wildman–Crippen LogP) is -2.09.